The molecule has 0 fully saturated rings. The minimum atomic E-state index is -0.513. The van der Waals surface area contributed by atoms with Crippen molar-refractivity contribution in [3.8, 4) is 50.6 Å². The van der Waals surface area contributed by atoms with E-state index in [4.69, 9.17) is 4.74 Å². The fraction of sp³-hybridized carbons (Fsp3) is 0.0357. The zero-order valence-electron chi connectivity index (χ0n) is 31.4. The molecule has 58 heavy (non-hydrogen) atoms. The lowest BCUT2D eigenvalue weighted by Gasteiger charge is -2.39. The molecule has 2 nitrogen and oxygen atoms in total. The topological polar surface area (TPSA) is 14.2 Å². The van der Waals surface area contributed by atoms with Crippen LogP contribution < -0.4 is 4.74 Å². The highest BCUT2D eigenvalue weighted by atomic mass is 16.5. The van der Waals surface area contributed by atoms with Gasteiger partial charge in [-0.15, -0.1) is 0 Å². The second-order valence-electron chi connectivity index (χ2n) is 16.2. The second kappa shape index (κ2) is 10.7. The molecule has 14 rings (SSSR count). The molecule has 1 aliphatic heterocycles. The first kappa shape index (κ1) is 30.8. The van der Waals surface area contributed by atoms with E-state index in [1.54, 1.807) is 0 Å². The third-order valence-corrected chi connectivity index (χ3v) is 13.9. The highest BCUT2D eigenvalue weighted by Gasteiger charge is 2.54. The van der Waals surface area contributed by atoms with Crippen LogP contribution in [0.25, 0.3) is 60.9 Å². The first-order valence-electron chi connectivity index (χ1n) is 20.3. The van der Waals surface area contributed by atoms with Gasteiger partial charge in [-0.2, -0.15) is 0 Å². The Hall–Kier alpha value is -7.42. The van der Waals surface area contributed by atoms with Crippen molar-refractivity contribution < 1.29 is 4.74 Å². The fourth-order valence-corrected chi connectivity index (χ4v) is 11.9. The molecule has 268 valence electrons. The summed E-state index contributed by atoms with van der Waals surface area (Å²) in [7, 11) is 0. The fourth-order valence-electron chi connectivity index (χ4n) is 11.9. The summed E-state index contributed by atoms with van der Waals surface area (Å²) in [6, 6.07) is 74.6. The van der Waals surface area contributed by atoms with E-state index in [1.165, 1.54) is 99.7 Å². The predicted octanol–water partition coefficient (Wildman–Crippen LogP) is 13.6. The average molecular weight is 736 g/mol. The number of ether oxygens (including phenoxy) is 1. The van der Waals surface area contributed by atoms with Crippen molar-refractivity contribution >= 4 is 21.8 Å². The van der Waals surface area contributed by atoms with Crippen LogP contribution in [-0.4, -0.2) is 4.57 Å². The molecule has 4 aliphatic rings. The third kappa shape index (κ3) is 3.41. The minimum Gasteiger partial charge on any atom is -0.457 e. The lowest BCUT2D eigenvalue weighted by Crippen LogP contribution is -2.32. The van der Waals surface area contributed by atoms with Crippen LogP contribution in [0.15, 0.2) is 200 Å². The van der Waals surface area contributed by atoms with E-state index in [-0.39, 0.29) is 0 Å². The Morgan fingerprint density at radius 3 is 1.41 bits per heavy atom. The molecule has 0 radical (unpaired) electrons. The molecule has 0 amide bonds. The molecular weight excluding hydrogens is 703 g/mol. The Labute approximate surface area is 335 Å². The molecule has 2 heteroatoms. The van der Waals surface area contributed by atoms with Crippen LogP contribution in [-0.2, 0) is 10.8 Å². The highest BCUT2D eigenvalue weighted by molar-refractivity contribution is 6.15. The van der Waals surface area contributed by atoms with Crippen LogP contribution in [0.5, 0.6) is 11.5 Å². The van der Waals surface area contributed by atoms with Gasteiger partial charge in [-0.05, 0) is 91.5 Å². The van der Waals surface area contributed by atoms with E-state index in [9.17, 15) is 0 Å². The molecule has 0 saturated heterocycles. The first-order valence-corrected chi connectivity index (χ1v) is 20.3. The molecule has 2 spiro atoms. The molecule has 0 atom stereocenters. The van der Waals surface area contributed by atoms with Gasteiger partial charge in [-0.1, -0.05) is 170 Å². The van der Waals surface area contributed by atoms with E-state index in [0.29, 0.717) is 0 Å². The second-order valence-corrected chi connectivity index (χ2v) is 16.2. The molecule has 3 aliphatic carbocycles. The normalized spacial score (nSPS) is 15.0. The maximum atomic E-state index is 6.63. The van der Waals surface area contributed by atoms with E-state index >= 15 is 0 Å². The summed E-state index contributed by atoms with van der Waals surface area (Å²) >= 11 is 0. The number of rotatable bonds is 1. The molecule has 0 N–H and O–H groups in total. The van der Waals surface area contributed by atoms with Gasteiger partial charge >= 0.3 is 0 Å². The number of para-hydroxylation sites is 3. The van der Waals surface area contributed by atoms with Crippen molar-refractivity contribution in [2.75, 3.05) is 0 Å². The van der Waals surface area contributed by atoms with Crippen LogP contribution in [0.4, 0.5) is 0 Å². The standard InChI is InChI=1S/C56H33NO/c1-7-21-44-35(15-1)36-16-2-8-22-45(36)56(44)46-23-9-3-17-37(46)40-30-31-41-39-19-5-12-26-50(39)57(54(41)53(40)56)34-29-32-47-42(33-34)38-18-4-6-20-43(38)55(47)48-24-10-13-27-51(48)58-52-28-14-11-25-49(52)55/h1-33H. The van der Waals surface area contributed by atoms with E-state index in [1.807, 2.05) is 0 Å². The molecule has 2 heterocycles. The third-order valence-electron chi connectivity index (χ3n) is 13.9. The predicted molar refractivity (Wildman–Crippen MR) is 234 cm³/mol. The van der Waals surface area contributed by atoms with Gasteiger partial charge < -0.3 is 9.30 Å². The van der Waals surface area contributed by atoms with Crippen LogP contribution in [0.3, 0.4) is 0 Å². The van der Waals surface area contributed by atoms with Crippen molar-refractivity contribution in [2.24, 2.45) is 0 Å². The van der Waals surface area contributed by atoms with Crippen LogP contribution >= 0.6 is 0 Å². The van der Waals surface area contributed by atoms with Crippen LogP contribution in [0.1, 0.15) is 44.5 Å². The Bertz CT molecular complexity index is 3350. The quantitative estimate of drug-likeness (QED) is 0.164. The lowest BCUT2D eigenvalue weighted by molar-refractivity contribution is 0.436. The zero-order chi connectivity index (χ0) is 37.7. The van der Waals surface area contributed by atoms with Crippen molar-refractivity contribution in [3.63, 3.8) is 0 Å². The van der Waals surface area contributed by atoms with Crippen LogP contribution in [0.2, 0.25) is 0 Å². The van der Waals surface area contributed by atoms with Gasteiger partial charge in [-0.25, -0.2) is 0 Å². The molecule has 0 unspecified atom stereocenters. The van der Waals surface area contributed by atoms with Gasteiger partial charge in [0.15, 0.2) is 0 Å². The van der Waals surface area contributed by atoms with Crippen molar-refractivity contribution in [1.82, 2.24) is 4.57 Å². The molecule has 9 aromatic carbocycles. The van der Waals surface area contributed by atoms with E-state index in [0.717, 1.165) is 17.2 Å². The largest absolute Gasteiger partial charge is 0.457 e. The van der Waals surface area contributed by atoms with Gasteiger partial charge in [0.05, 0.1) is 21.9 Å². The van der Waals surface area contributed by atoms with Gasteiger partial charge in [0.1, 0.15) is 11.5 Å². The summed E-state index contributed by atoms with van der Waals surface area (Å²) < 4.78 is 9.22. The Kier molecular flexibility index (Phi) is 5.67. The first-order chi connectivity index (χ1) is 28.8. The van der Waals surface area contributed by atoms with E-state index in [2.05, 4.69) is 205 Å². The summed E-state index contributed by atoms with van der Waals surface area (Å²) in [6.45, 7) is 0. The maximum absolute atomic E-state index is 6.63. The number of nitrogens with zero attached hydrogens (tertiary/aromatic N) is 1. The molecule has 10 aromatic rings. The maximum Gasteiger partial charge on any atom is 0.132 e. The summed E-state index contributed by atoms with van der Waals surface area (Å²) in [4.78, 5) is 0. The number of hydrogen-bond donors (Lipinski definition) is 0. The Morgan fingerprint density at radius 2 is 0.793 bits per heavy atom. The smallest absolute Gasteiger partial charge is 0.132 e. The Morgan fingerprint density at radius 1 is 0.328 bits per heavy atom. The number of aromatic nitrogens is 1. The Balaban J connectivity index is 1.12. The summed E-state index contributed by atoms with van der Waals surface area (Å²) in [5, 5.41) is 2.53. The minimum absolute atomic E-state index is 0.479. The zero-order valence-corrected chi connectivity index (χ0v) is 31.4. The number of hydrogen-bond acceptors (Lipinski definition) is 1. The number of fused-ring (bicyclic) bond motifs is 23. The molecule has 1 aromatic heterocycles. The monoisotopic (exact) mass is 735 g/mol. The van der Waals surface area contributed by atoms with Gasteiger partial charge in [0.2, 0.25) is 0 Å². The summed E-state index contributed by atoms with van der Waals surface area (Å²) in [5.74, 6) is 1.82. The molecular formula is C56H33NO. The van der Waals surface area contributed by atoms with Crippen molar-refractivity contribution in [3.05, 3.63) is 245 Å². The van der Waals surface area contributed by atoms with Crippen molar-refractivity contribution in [1.29, 1.82) is 0 Å². The molecule has 0 bridgehead atoms. The van der Waals surface area contributed by atoms with Crippen molar-refractivity contribution in [2.45, 2.75) is 10.8 Å². The lowest BCUT2D eigenvalue weighted by atomic mass is 9.66. The SMILES string of the molecule is c1ccc2c(c1)Oc1ccccc1C21c2ccccc2-c2cc(-n3c4ccccc4c4ccc5c(c43)C3(c4ccccc4-c4ccccc43)c3ccccc3-5)ccc21. The highest BCUT2D eigenvalue weighted by Crippen LogP contribution is 2.65. The molecule has 0 saturated carbocycles. The van der Waals surface area contributed by atoms with Gasteiger partial charge in [-0.3, -0.25) is 0 Å². The van der Waals surface area contributed by atoms with Gasteiger partial charge in [0.25, 0.3) is 0 Å². The van der Waals surface area contributed by atoms with E-state index < -0.39 is 10.8 Å². The van der Waals surface area contributed by atoms with Gasteiger partial charge in [0, 0.05) is 33.2 Å². The summed E-state index contributed by atoms with van der Waals surface area (Å²) in [5.41, 5.74) is 20.8. The summed E-state index contributed by atoms with van der Waals surface area (Å²) in [6.07, 6.45) is 0. The average Bonchev–Trinajstić information content (AvgIpc) is 3.98. The van der Waals surface area contributed by atoms with Crippen LogP contribution in [0, 0.1) is 0 Å². The number of benzene rings is 9.